The molecule has 1 atom stereocenters. The van der Waals surface area contributed by atoms with Crippen molar-refractivity contribution in [1.82, 2.24) is 9.97 Å². The summed E-state index contributed by atoms with van der Waals surface area (Å²) in [6.45, 7) is -1.49. The molecule has 1 aromatic heterocycles. The lowest BCUT2D eigenvalue weighted by Crippen LogP contribution is -2.21. The number of halogens is 4. The molecule has 3 rings (SSSR count). The molecule has 0 fully saturated rings. The van der Waals surface area contributed by atoms with E-state index in [9.17, 15) is 17.6 Å². The molecule has 3 aromatic rings. The largest absolute Gasteiger partial charge is 0.468 e. The molecule has 7 heteroatoms. The summed E-state index contributed by atoms with van der Waals surface area (Å²) in [4.78, 5) is 7.72. The van der Waals surface area contributed by atoms with Gasteiger partial charge >= 0.3 is 6.18 Å². The van der Waals surface area contributed by atoms with E-state index < -0.39 is 24.5 Å². The minimum atomic E-state index is -4.51. The van der Waals surface area contributed by atoms with Crippen molar-refractivity contribution in [3.05, 3.63) is 89.6 Å². The van der Waals surface area contributed by atoms with E-state index in [1.165, 1.54) is 12.3 Å². The van der Waals surface area contributed by atoms with E-state index in [1.807, 2.05) is 0 Å². The zero-order valence-corrected chi connectivity index (χ0v) is 13.4. The molecule has 0 bridgehead atoms. The number of aromatic nitrogens is 2. The van der Waals surface area contributed by atoms with Crippen molar-refractivity contribution in [3.8, 4) is 5.88 Å². The van der Waals surface area contributed by atoms with Gasteiger partial charge in [-0.2, -0.15) is 13.2 Å². The summed E-state index contributed by atoms with van der Waals surface area (Å²) >= 11 is 0. The van der Waals surface area contributed by atoms with Crippen molar-refractivity contribution < 1.29 is 22.3 Å². The summed E-state index contributed by atoms with van der Waals surface area (Å²) in [5.41, 5.74) is 1.24. The van der Waals surface area contributed by atoms with Crippen LogP contribution in [-0.2, 0) is 0 Å². The molecule has 0 aliphatic heterocycles. The maximum absolute atomic E-state index is 14.5. The summed E-state index contributed by atoms with van der Waals surface area (Å²) in [5.74, 6) is -1.41. The molecule has 0 spiro atoms. The average Bonchev–Trinajstić information content (AvgIpc) is 2.63. The maximum Gasteiger partial charge on any atom is 0.422 e. The average molecular weight is 362 g/mol. The monoisotopic (exact) mass is 362 g/mol. The summed E-state index contributed by atoms with van der Waals surface area (Å²) in [7, 11) is 0. The number of nitrogens with zero attached hydrogens (tertiary/aromatic N) is 2. The van der Waals surface area contributed by atoms with E-state index in [-0.39, 0.29) is 11.4 Å². The van der Waals surface area contributed by atoms with Crippen molar-refractivity contribution in [3.63, 3.8) is 0 Å². The van der Waals surface area contributed by atoms with E-state index in [0.717, 1.165) is 6.33 Å². The van der Waals surface area contributed by atoms with Gasteiger partial charge < -0.3 is 4.74 Å². The van der Waals surface area contributed by atoms with E-state index in [2.05, 4.69) is 9.97 Å². The van der Waals surface area contributed by atoms with Crippen LogP contribution in [0.4, 0.5) is 17.6 Å². The van der Waals surface area contributed by atoms with Crippen molar-refractivity contribution in [2.75, 3.05) is 6.61 Å². The molecule has 0 radical (unpaired) electrons. The van der Waals surface area contributed by atoms with Gasteiger partial charge in [-0.05, 0) is 17.2 Å². The molecule has 1 heterocycles. The summed E-state index contributed by atoms with van der Waals surface area (Å²) in [6.07, 6.45) is -2.07. The Morgan fingerprint density at radius 3 is 2.31 bits per heavy atom. The minimum Gasteiger partial charge on any atom is -0.468 e. The van der Waals surface area contributed by atoms with Crippen molar-refractivity contribution in [1.29, 1.82) is 0 Å². The van der Waals surface area contributed by atoms with Gasteiger partial charge in [0.15, 0.2) is 6.61 Å². The number of ether oxygens (including phenoxy) is 1. The predicted molar refractivity (Wildman–Crippen MR) is 87.4 cm³/mol. The van der Waals surface area contributed by atoms with Gasteiger partial charge in [0.05, 0.1) is 0 Å². The van der Waals surface area contributed by atoms with Gasteiger partial charge in [0.25, 0.3) is 0 Å². The van der Waals surface area contributed by atoms with E-state index in [1.54, 1.807) is 48.5 Å². The number of rotatable bonds is 5. The van der Waals surface area contributed by atoms with Crippen LogP contribution in [0.3, 0.4) is 0 Å². The van der Waals surface area contributed by atoms with Crippen LogP contribution >= 0.6 is 0 Å². The SMILES string of the molecule is Fc1ccccc1C(c1ccccc1)c1cncnc1OCC(F)(F)F. The third-order valence-corrected chi connectivity index (χ3v) is 3.73. The standard InChI is InChI=1S/C19H14F4N2O/c20-16-9-5-4-8-14(16)17(13-6-2-1-3-7-13)15-10-24-12-25-18(15)26-11-19(21,22)23/h1-10,12,17H,11H2. The molecule has 0 N–H and O–H groups in total. The lowest BCUT2D eigenvalue weighted by atomic mass is 9.86. The second-order valence-electron chi connectivity index (χ2n) is 5.55. The number of hydrogen-bond acceptors (Lipinski definition) is 3. The van der Waals surface area contributed by atoms with Crippen LogP contribution in [-0.4, -0.2) is 22.8 Å². The Morgan fingerprint density at radius 1 is 0.923 bits per heavy atom. The van der Waals surface area contributed by atoms with Crippen molar-refractivity contribution in [2.24, 2.45) is 0 Å². The Bertz CT molecular complexity index is 869. The topological polar surface area (TPSA) is 35.0 Å². The third-order valence-electron chi connectivity index (χ3n) is 3.73. The molecule has 1 unspecified atom stereocenters. The van der Waals surface area contributed by atoms with Gasteiger partial charge in [0.2, 0.25) is 5.88 Å². The Balaban J connectivity index is 2.11. The van der Waals surface area contributed by atoms with Gasteiger partial charge in [0, 0.05) is 17.7 Å². The third kappa shape index (κ3) is 4.17. The number of alkyl halides is 3. The molecule has 134 valence electrons. The highest BCUT2D eigenvalue weighted by atomic mass is 19.4. The molecular formula is C19H14F4N2O. The summed E-state index contributed by atoms with van der Waals surface area (Å²) < 4.78 is 57.0. The highest BCUT2D eigenvalue weighted by Crippen LogP contribution is 2.37. The fourth-order valence-electron chi connectivity index (χ4n) is 2.68. The van der Waals surface area contributed by atoms with Crippen LogP contribution in [0.2, 0.25) is 0 Å². The van der Waals surface area contributed by atoms with Crippen LogP contribution in [0, 0.1) is 5.82 Å². The molecule has 26 heavy (non-hydrogen) atoms. The van der Waals surface area contributed by atoms with Gasteiger partial charge in [-0.3, -0.25) is 0 Å². The smallest absolute Gasteiger partial charge is 0.422 e. The zero-order chi connectivity index (χ0) is 18.6. The first kappa shape index (κ1) is 17.8. The highest BCUT2D eigenvalue weighted by molar-refractivity contribution is 5.46. The van der Waals surface area contributed by atoms with E-state index in [0.29, 0.717) is 11.1 Å². The van der Waals surface area contributed by atoms with Crippen LogP contribution in [0.1, 0.15) is 22.6 Å². The Hall–Kier alpha value is -2.96. The molecule has 0 saturated heterocycles. The second kappa shape index (κ2) is 7.51. The van der Waals surface area contributed by atoms with Gasteiger partial charge in [-0.1, -0.05) is 48.5 Å². The summed E-state index contributed by atoms with van der Waals surface area (Å²) in [6, 6.07) is 14.9. The minimum absolute atomic E-state index is 0.227. The molecule has 3 nitrogen and oxygen atoms in total. The molecule has 0 amide bonds. The first-order valence-electron chi connectivity index (χ1n) is 7.74. The van der Waals surface area contributed by atoms with Crippen LogP contribution < -0.4 is 4.74 Å². The van der Waals surface area contributed by atoms with E-state index in [4.69, 9.17) is 4.74 Å². The molecule has 0 aliphatic carbocycles. The zero-order valence-electron chi connectivity index (χ0n) is 13.4. The van der Waals surface area contributed by atoms with Crippen LogP contribution in [0.15, 0.2) is 67.1 Å². The molecular weight excluding hydrogens is 348 g/mol. The first-order chi connectivity index (χ1) is 12.5. The summed E-state index contributed by atoms with van der Waals surface area (Å²) in [5, 5.41) is 0. The highest BCUT2D eigenvalue weighted by Gasteiger charge is 2.31. The quantitative estimate of drug-likeness (QED) is 0.615. The molecule has 2 aromatic carbocycles. The van der Waals surface area contributed by atoms with E-state index >= 15 is 0 Å². The lowest BCUT2D eigenvalue weighted by Gasteiger charge is -2.21. The predicted octanol–water partition coefficient (Wildman–Crippen LogP) is 4.74. The maximum atomic E-state index is 14.5. The first-order valence-corrected chi connectivity index (χ1v) is 7.74. The fourth-order valence-corrected chi connectivity index (χ4v) is 2.68. The van der Waals surface area contributed by atoms with Crippen LogP contribution in [0.25, 0.3) is 0 Å². The van der Waals surface area contributed by atoms with Crippen LogP contribution in [0.5, 0.6) is 5.88 Å². The van der Waals surface area contributed by atoms with Crippen molar-refractivity contribution >= 4 is 0 Å². The van der Waals surface area contributed by atoms with Gasteiger partial charge in [0.1, 0.15) is 12.1 Å². The van der Waals surface area contributed by atoms with Crippen molar-refractivity contribution in [2.45, 2.75) is 12.1 Å². The molecule has 0 saturated carbocycles. The van der Waals surface area contributed by atoms with Gasteiger partial charge in [-0.25, -0.2) is 14.4 Å². The lowest BCUT2D eigenvalue weighted by molar-refractivity contribution is -0.154. The fraction of sp³-hybridized carbons (Fsp3) is 0.158. The Labute approximate surface area is 147 Å². The Kier molecular flexibility index (Phi) is 5.16. The second-order valence-corrected chi connectivity index (χ2v) is 5.55. The number of hydrogen-bond donors (Lipinski definition) is 0. The Morgan fingerprint density at radius 2 is 1.62 bits per heavy atom. The normalized spacial score (nSPS) is 12.6. The molecule has 0 aliphatic rings. The van der Waals surface area contributed by atoms with Gasteiger partial charge in [-0.15, -0.1) is 0 Å². The number of benzene rings is 2.